The highest BCUT2D eigenvalue weighted by atomic mass is 14.7. The number of nitrogens with one attached hydrogen (secondary N) is 1. The number of rotatable bonds is 1. The maximum absolute atomic E-state index is 8.70. The van der Waals surface area contributed by atoms with Crippen molar-refractivity contribution in [3.8, 4) is 6.07 Å². The van der Waals surface area contributed by atoms with Crippen LogP contribution in [0, 0.1) is 11.3 Å². The predicted molar refractivity (Wildman–Crippen MR) is 39.4 cm³/mol. The first-order valence-electron chi connectivity index (χ1n) is 3.22. The van der Waals surface area contributed by atoms with E-state index in [1.165, 1.54) is 0 Å². The summed E-state index contributed by atoms with van der Waals surface area (Å²) < 4.78 is 0. The molecule has 0 aromatic carbocycles. The zero-order valence-corrected chi connectivity index (χ0v) is 6.18. The van der Waals surface area contributed by atoms with Gasteiger partial charge < -0.3 is 4.98 Å². The molecule has 0 saturated heterocycles. The molecule has 1 aromatic rings. The van der Waals surface area contributed by atoms with E-state index >= 15 is 0 Å². The fourth-order valence-corrected chi connectivity index (χ4v) is 0.779. The molecule has 0 radical (unpaired) electrons. The lowest BCUT2D eigenvalue weighted by molar-refractivity contribution is 0.665. The first kappa shape index (κ1) is 6.88. The molecule has 0 aliphatic rings. The van der Waals surface area contributed by atoms with E-state index in [0.29, 0.717) is 0 Å². The Morgan fingerprint density at radius 3 is 2.70 bits per heavy atom. The molecule has 1 heterocycles. The molecule has 1 rings (SSSR count). The quantitative estimate of drug-likeness (QED) is 0.625. The minimum absolute atomic E-state index is 0.385. The number of H-pyrrole nitrogens is 1. The summed E-state index contributed by atoms with van der Waals surface area (Å²) in [6.45, 7) is 3.78. The maximum Gasteiger partial charge on any atom is 0.0915 e. The smallest absolute Gasteiger partial charge is 0.0915 e. The molecule has 0 aliphatic heterocycles. The molecule has 0 spiro atoms. The third kappa shape index (κ3) is 1.03. The van der Waals surface area contributed by atoms with Gasteiger partial charge in [0, 0.05) is 11.9 Å². The van der Waals surface area contributed by atoms with Crippen molar-refractivity contribution in [1.29, 1.82) is 5.26 Å². The average molecular weight is 134 g/mol. The summed E-state index contributed by atoms with van der Waals surface area (Å²) in [6, 6.07) is 6.03. The zero-order chi connectivity index (χ0) is 7.61. The Hall–Kier alpha value is -1.23. The largest absolute Gasteiger partial charge is 0.364 e. The van der Waals surface area contributed by atoms with Crippen LogP contribution in [0.4, 0.5) is 0 Å². The van der Waals surface area contributed by atoms with Crippen molar-refractivity contribution in [2.24, 2.45) is 0 Å². The van der Waals surface area contributed by atoms with Crippen LogP contribution in [0.2, 0.25) is 0 Å². The molecule has 52 valence electrons. The third-order valence-corrected chi connectivity index (χ3v) is 1.55. The second-order valence-electron chi connectivity index (χ2n) is 2.82. The number of hydrogen-bond acceptors (Lipinski definition) is 1. The van der Waals surface area contributed by atoms with Crippen LogP contribution >= 0.6 is 0 Å². The summed E-state index contributed by atoms with van der Waals surface area (Å²) >= 11 is 0. The first-order chi connectivity index (χ1) is 4.67. The highest BCUT2D eigenvalue weighted by Gasteiger charge is 2.19. The Morgan fingerprint density at radius 1 is 1.60 bits per heavy atom. The van der Waals surface area contributed by atoms with Crippen molar-refractivity contribution >= 4 is 0 Å². The summed E-state index contributed by atoms with van der Waals surface area (Å²) in [7, 11) is 0. The van der Waals surface area contributed by atoms with E-state index in [9.17, 15) is 0 Å². The molecule has 10 heavy (non-hydrogen) atoms. The Bertz CT molecular complexity index is 239. The van der Waals surface area contributed by atoms with Crippen molar-refractivity contribution in [3.05, 3.63) is 24.0 Å². The molecule has 0 amide bonds. The van der Waals surface area contributed by atoms with Gasteiger partial charge in [-0.15, -0.1) is 0 Å². The maximum atomic E-state index is 8.70. The molecule has 1 N–H and O–H groups in total. The van der Waals surface area contributed by atoms with Crippen LogP contribution in [0.5, 0.6) is 0 Å². The Kier molecular flexibility index (Phi) is 1.50. The minimum Gasteiger partial charge on any atom is -0.364 e. The molecule has 1 aromatic heterocycles. The van der Waals surface area contributed by atoms with Gasteiger partial charge in [0.15, 0.2) is 0 Å². The minimum atomic E-state index is -0.385. The number of aromatic nitrogens is 1. The van der Waals surface area contributed by atoms with Crippen LogP contribution in [-0.4, -0.2) is 4.98 Å². The van der Waals surface area contributed by atoms with E-state index in [-0.39, 0.29) is 5.41 Å². The number of aromatic amines is 1. The van der Waals surface area contributed by atoms with E-state index in [4.69, 9.17) is 5.26 Å². The highest BCUT2D eigenvalue weighted by Crippen LogP contribution is 2.18. The Balaban J connectivity index is 2.99. The molecule has 0 unspecified atom stereocenters. The predicted octanol–water partition coefficient (Wildman–Crippen LogP) is 1.82. The topological polar surface area (TPSA) is 39.6 Å². The second kappa shape index (κ2) is 2.18. The fraction of sp³-hybridized carbons (Fsp3) is 0.375. The van der Waals surface area contributed by atoms with Gasteiger partial charge in [-0.25, -0.2) is 0 Å². The standard InChI is InChI=1S/C8H10N2/c1-8(2,6-9)7-4-3-5-10-7/h3-5,10H,1-2H3. The highest BCUT2D eigenvalue weighted by molar-refractivity contribution is 5.23. The summed E-state index contributed by atoms with van der Waals surface area (Å²) in [5.74, 6) is 0. The van der Waals surface area contributed by atoms with Crippen molar-refractivity contribution in [2.75, 3.05) is 0 Å². The summed E-state index contributed by atoms with van der Waals surface area (Å²) in [5.41, 5.74) is 0.582. The SMILES string of the molecule is CC(C)(C#N)c1ccc[nH]1. The van der Waals surface area contributed by atoms with Crippen LogP contribution < -0.4 is 0 Å². The van der Waals surface area contributed by atoms with Gasteiger partial charge >= 0.3 is 0 Å². The molecule has 0 saturated carbocycles. The van der Waals surface area contributed by atoms with E-state index < -0.39 is 0 Å². The number of nitriles is 1. The molecule has 0 fully saturated rings. The summed E-state index contributed by atoms with van der Waals surface area (Å²) in [6.07, 6.45) is 1.83. The number of nitrogens with zero attached hydrogens (tertiary/aromatic N) is 1. The van der Waals surface area contributed by atoms with Gasteiger partial charge in [-0.05, 0) is 26.0 Å². The lowest BCUT2D eigenvalue weighted by Crippen LogP contribution is -2.13. The zero-order valence-electron chi connectivity index (χ0n) is 6.18. The molecular formula is C8H10N2. The molecule has 2 nitrogen and oxygen atoms in total. The molecule has 0 atom stereocenters. The molecule has 0 bridgehead atoms. The molecule has 0 aliphatic carbocycles. The summed E-state index contributed by atoms with van der Waals surface area (Å²) in [5, 5.41) is 8.70. The summed E-state index contributed by atoms with van der Waals surface area (Å²) in [4.78, 5) is 3.01. The van der Waals surface area contributed by atoms with Gasteiger partial charge in [0.2, 0.25) is 0 Å². The van der Waals surface area contributed by atoms with Gasteiger partial charge in [0.25, 0.3) is 0 Å². The van der Waals surface area contributed by atoms with Gasteiger partial charge in [-0.1, -0.05) is 0 Å². The van der Waals surface area contributed by atoms with Gasteiger partial charge in [0.1, 0.15) is 0 Å². The monoisotopic (exact) mass is 134 g/mol. The Labute approximate surface area is 60.5 Å². The lowest BCUT2D eigenvalue weighted by Gasteiger charge is -2.11. The van der Waals surface area contributed by atoms with Gasteiger partial charge in [0.05, 0.1) is 11.5 Å². The number of hydrogen-bond donors (Lipinski definition) is 1. The van der Waals surface area contributed by atoms with Crippen LogP contribution in [0.15, 0.2) is 18.3 Å². The van der Waals surface area contributed by atoms with Crippen molar-refractivity contribution in [2.45, 2.75) is 19.3 Å². The Morgan fingerprint density at radius 2 is 2.30 bits per heavy atom. The van der Waals surface area contributed by atoms with Crippen LogP contribution in [0.25, 0.3) is 0 Å². The van der Waals surface area contributed by atoms with E-state index in [1.807, 2.05) is 32.2 Å². The van der Waals surface area contributed by atoms with Crippen molar-refractivity contribution < 1.29 is 0 Å². The van der Waals surface area contributed by atoms with Crippen LogP contribution in [0.3, 0.4) is 0 Å². The second-order valence-corrected chi connectivity index (χ2v) is 2.82. The van der Waals surface area contributed by atoms with Crippen molar-refractivity contribution in [3.63, 3.8) is 0 Å². The van der Waals surface area contributed by atoms with Crippen LogP contribution in [0.1, 0.15) is 19.5 Å². The normalized spacial score (nSPS) is 10.9. The van der Waals surface area contributed by atoms with E-state index in [0.717, 1.165) is 5.69 Å². The third-order valence-electron chi connectivity index (χ3n) is 1.55. The van der Waals surface area contributed by atoms with Gasteiger partial charge in [-0.2, -0.15) is 5.26 Å². The van der Waals surface area contributed by atoms with E-state index in [2.05, 4.69) is 11.1 Å². The lowest BCUT2D eigenvalue weighted by atomic mass is 9.92. The average Bonchev–Trinajstić information content (AvgIpc) is 2.38. The van der Waals surface area contributed by atoms with E-state index in [1.54, 1.807) is 0 Å². The molecule has 2 heteroatoms. The first-order valence-corrected chi connectivity index (χ1v) is 3.22. The van der Waals surface area contributed by atoms with Gasteiger partial charge in [-0.3, -0.25) is 0 Å². The van der Waals surface area contributed by atoms with Crippen molar-refractivity contribution in [1.82, 2.24) is 4.98 Å². The van der Waals surface area contributed by atoms with Crippen LogP contribution in [-0.2, 0) is 5.41 Å². The molecular weight excluding hydrogens is 124 g/mol. The fourth-order valence-electron chi connectivity index (χ4n) is 0.779.